The molecule has 0 fully saturated rings. The second-order valence-electron chi connectivity index (χ2n) is 4.71. The zero-order valence-electron chi connectivity index (χ0n) is 12.0. The highest BCUT2D eigenvalue weighted by molar-refractivity contribution is 9.10. The van der Waals surface area contributed by atoms with Crippen LogP contribution in [0.2, 0.25) is 10.0 Å². The molecule has 4 nitrogen and oxygen atoms in total. The Bertz CT molecular complexity index is 765. The Morgan fingerprint density at radius 2 is 1.91 bits per heavy atom. The van der Waals surface area contributed by atoms with E-state index in [-0.39, 0.29) is 10.6 Å². The van der Waals surface area contributed by atoms with Gasteiger partial charge in [0.15, 0.2) is 6.61 Å². The number of anilines is 1. The molecule has 0 spiro atoms. The van der Waals surface area contributed by atoms with Gasteiger partial charge in [-0.25, -0.2) is 4.79 Å². The first-order valence-corrected chi connectivity index (χ1v) is 8.10. The molecular weight excluding hydrogens is 405 g/mol. The molecule has 1 N–H and O–H groups in total. The maximum atomic E-state index is 11.9. The van der Waals surface area contributed by atoms with E-state index >= 15 is 0 Å². The van der Waals surface area contributed by atoms with Crippen LogP contribution in [0.5, 0.6) is 0 Å². The summed E-state index contributed by atoms with van der Waals surface area (Å²) in [4.78, 5) is 23.8. The van der Waals surface area contributed by atoms with Crippen LogP contribution in [0.25, 0.3) is 0 Å². The van der Waals surface area contributed by atoms with Gasteiger partial charge in [-0.3, -0.25) is 4.79 Å². The van der Waals surface area contributed by atoms with Gasteiger partial charge in [-0.15, -0.1) is 0 Å². The number of rotatable bonds is 4. The highest BCUT2D eigenvalue weighted by atomic mass is 79.9. The van der Waals surface area contributed by atoms with Crippen molar-refractivity contribution in [3.8, 4) is 0 Å². The van der Waals surface area contributed by atoms with E-state index in [1.54, 1.807) is 6.07 Å². The molecule has 0 aromatic heterocycles. The maximum Gasteiger partial charge on any atom is 0.340 e. The summed E-state index contributed by atoms with van der Waals surface area (Å²) in [5, 5.41) is 3.26. The SMILES string of the molecule is Cc1cc(Br)ccc1NC(=O)COC(=O)c1ccc(Cl)cc1Cl. The largest absolute Gasteiger partial charge is 0.452 e. The molecule has 0 saturated heterocycles. The second kappa shape index (κ2) is 7.81. The number of carbonyl (C=O) groups is 2. The zero-order valence-corrected chi connectivity index (χ0v) is 15.1. The van der Waals surface area contributed by atoms with Gasteiger partial charge in [-0.1, -0.05) is 39.1 Å². The van der Waals surface area contributed by atoms with E-state index in [0.717, 1.165) is 10.0 Å². The summed E-state index contributed by atoms with van der Waals surface area (Å²) < 4.78 is 5.87. The fourth-order valence-corrected chi connectivity index (χ4v) is 2.78. The Balaban J connectivity index is 1.94. The topological polar surface area (TPSA) is 55.4 Å². The molecule has 0 heterocycles. The van der Waals surface area contributed by atoms with Crippen molar-refractivity contribution >= 4 is 56.7 Å². The van der Waals surface area contributed by atoms with Gasteiger partial charge in [0.05, 0.1) is 10.6 Å². The van der Waals surface area contributed by atoms with Gasteiger partial charge < -0.3 is 10.1 Å². The smallest absolute Gasteiger partial charge is 0.340 e. The lowest BCUT2D eigenvalue weighted by Crippen LogP contribution is -2.21. The van der Waals surface area contributed by atoms with Crippen molar-refractivity contribution in [3.05, 3.63) is 62.0 Å². The molecule has 0 aliphatic heterocycles. The number of hydrogen-bond donors (Lipinski definition) is 1. The molecule has 0 radical (unpaired) electrons. The summed E-state index contributed by atoms with van der Waals surface area (Å²) in [5.74, 6) is -1.12. The van der Waals surface area contributed by atoms with Gasteiger partial charge in [0.1, 0.15) is 0 Å². The minimum atomic E-state index is -0.686. The first kappa shape index (κ1) is 17.8. The van der Waals surface area contributed by atoms with Crippen LogP contribution in [0.1, 0.15) is 15.9 Å². The molecule has 2 aromatic carbocycles. The fourth-order valence-electron chi connectivity index (χ4n) is 1.82. The maximum absolute atomic E-state index is 11.9. The molecule has 0 saturated carbocycles. The van der Waals surface area contributed by atoms with E-state index in [1.807, 2.05) is 19.1 Å². The molecular formula is C16H12BrCl2NO3. The lowest BCUT2D eigenvalue weighted by molar-refractivity contribution is -0.119. The van der Waals surface area contributed by atoms with Gasteiger partial charge in [0.25, 0.3) is 5.91 Å². The van der Waals surface area contributed by atoms with E-state index in [2.05, 4.69) is 21.2 Å². The average Bonchev–Trinajstić information content (AvgIpc) is 2.48. The summed E-state index contributed by atoms with van der Waals surface area (Å²) in [6.07, 6.45) is 0. The van der Waals surface area contributed by atoms with Crippen LogP contribution in [0.4, 0.5) is 5.69 Å². The van der Waals surface area contributed by atoms with Crippen molar-refractivity contribution in [1.82, 2.24) is 0 Å². The van der Waals surface area contributed by atoms with Crippen molar-refractivity contribution in [2.45, 2.75) is 6.92 Å². The average molecular weight is 417 g/mol. The first-order valence-electron chi connectivity index (χ1n) is 6.55. The van der Waals surface area contributed by atoms with E-state index in [1.165, 1.54) is 18.2 Å². The van der Waals surface area contributed by atoms with Crippen molar-refractivity contribution < 1.29 is 14.3 Å². The van der Waals surface area contributed by atoms with E-state index in [9.17, 15) is 9.59 Å². The zero-order chi connectivity index (χ0) is 17.0. The molecule has 23 heavy (non-hydrogen) atoms. The number of amides is 1. The number of hydrogen-bond acceptors (Lipinski definition) is 3. The van der Waals surface area contributed by atoms with Gasteiger partial charge in [0, 0.05) is 15.2 Å². The molecule has 2 rings (SSSR count). The van der Waals surface area contributed by atoms with Crippen LogP contribution >= 0.6 is 39.1 Å². The summed E-state index contributed by atoms with van der Waals surface area (Å²) >= 11 is 15.0. The standard InChI is InChI=1S/C16H12BrCl2NO3/c1-9-6-10(17)2-5-14(9)20-15(21)8-23-16(22)12-4-3-11(18)7-13(12)19/h2-7H,8H2,1H3,(H,20,21). The predicted molar refractivity (Wildman–Crippen MR) is 94.3 cm³/mol. The number of halogens is 3. The summed E-state index contributed by atoms with van der Waals surface area (Å²) in [5.41, 5.74) is 1.70. The van der Waals surface area contributed by atoms with Crippen LogP contribution in [0, 0.1) is 6.92 Å². The molecule has 1 amide bonds. The molecule has 0 unspecified atom stereocenters. The Labute approximate surface area is 151 Å². The molecule has 2 aromatic rings. The van der Waals surface area contributed by atoms with Gasteiger partial charge >= 0.3 is 5.97 Å². The van der Waals surface area contributed by atoms with Gasteiger partial charge in [-0.05, 0) is 48.9 Å². The minimum absolute atomic E-state index is 0.156. The first-order chi connectivity index (χ1) is 10.9. The van der Waals surface area contributed by atoms with E-state index in [0.29, 0.717) is 10.7 Å². The van der Waals surface area contributed by atoms with Gasteiger partial charge in [0.2, 0.25) is 0 Å². The molecule has 0 aliphatic carbocycles. The number of nitrogens with one attached hydrogen (secondary N) is 1. The number of ether oxygens (including phenoxy) is 1. The molecule has 120 valence electrons. The number of esters is 1. The highest BCUT2D eigenvalue weighted by Gasteiger charge is 2.14. The van der Waals surface area contributed by atoms with E-state index in [4.69, 9.17) is 27.9 Å². The third-order valence-corrected chi connectivity index (χ3v) is 3.99. The van der Waals surface area contributed by atoms with Crippen LogP contribution in [-0.4, -0.2) is 18.5 Å². The Hall–Kier alpha value is -1.56. The van der Waals surface area contributed by atoms with Crippen molar-refractivity contribution in [2.75, 3.05) is 11.9 Å². The molecule has 0 aliphatic rings. The van der Waals surface area contributed by atoms with Gasteiger partial charge in [-0.2, -0.15) is 0 Å². The number of benzene rings is 2. The lowest BCUT2D eigenvalue weighted by atomic mass is 10.2. The van der Waals surface area contributed by atoms with Crippen molar-refractivity contribution in [3.63, 3.8) is 0 Å². The quantitative estimate of drug-likeness (QED) is 0.724. The molecule has 0 bridgehead atoms. The second-order valence-corrected chi connectivity index (χ2v) is 6.47. The third-order valence-electron chi connectivity index (χ3n) is 2.95. The monoisotopic (exact) mass is 415 g/mol. The molecule has 7 heteroatoms. The summed E-state index contributed by atoms with van der Waals surface area (Å²) in [6, 6.07) is 9.84. The van der Waals surface area contributed by atoms with Crippen molar-refractivity contribution in [2.24, 2.45) is 0 Å². The fraction of sp³-hybridized carbons (Fsp3) is 0.125. The minimum Gasteiger partial charge on any atom is -0.452 e. The van der Waals surface area contributed by atoms with Crippen LogP contribution < -0.4 is 5.32 Å². The number of aryl methyl sites for hydroxylation is 1. The van der Waals surface area contributed by atoms with E-state index < -0.39 is 18.5 Å². The third kappa shape index (κ3) is 4.96. The normalized spacial score (nSPS) is 10.3. The van der Waals surface area contributed by atoms with Crippen molar-refractivity contribution in [1.29, 1.82) is 0 Å². The van der Waals surface area contributed by atoms with Crippen LogP contribution in [0.15, 0.2) is 40.9 Å². The number of carbonyl (C=O) groups excluding carboxylic acids is 2. The summed E-state index contributed by atoms with van der Waals surface area (Å²) in [7, 11) is 0. The summed E-state index contributed by atoms with van der Waals surface area (Å²) in [6.45, 7) is 1.45. The van der Waals surface area contributed by atoms with Crippen LogP contribution in [-0.2, 0) is 9.53 Å². The lowest BCUT2D eigenvalue weighted by Gasteiger charge is -2.10. The van der Waals surface area contributed by atoms with Crippen LogP contribution in [0.3, 0.4) is 0 Å². The Kier molecular flexibility index (Phi) is 6.04. The highest BCUT2D eigenvalue weighted by Crippen LogP contribution is 2.22. The Morgan fingerprint density at radius 1 is 1.17 bits per heavy atom. The molecule has 0 atom stereocenters. The predicted octanol–water partition coefficient (Wildman–Crippen LogP) is 4.86. The Morgan fingerprint density at radius 3 is 2.57 bits per heavy atom.